The number of benzene rings is 2. The van der Waals surface area contributed by atoms with Gasteiger partial charge >= 0.3 is 0 Å². The van der Waals surface area contributed by atoms with E-state index in [1.807, 2.05) is 26.0 Å². The molecule has 0 spiro atoms. The first kappa shape index (κ1) is 20.6. The number of anilines is 2. The fourth-order valence-electron chi connectivity index (χ4n) is 2.33. The van der Waals surface area contributed by atoms with Gasteiger partial charge in [-0.15, -0.1) is 0 Å². The van der Waals surface area contributed by atoms with E-state index in [1.165, 1.54) is 12.1 Å². The second-order valence-electron chi connectivity index (χ2n) is 6.41. The number of nitrogens with one attached hydrogen (secondary N) is 2. The summed E-state index contributed by atoms with van der Waals surface area (Å²) in [5.74, 6) is -3.30. The van der Waals surface area contributed by atoms with Gasteiger partial charge in [-0.3, -0.25) is 9.59 Å². The number of rotatable bonds is 7. The van der Waals surface area contributed by atoms with Crippen LogP contribution in [0, 0.1) is 5.82 Å². The Labute approximate surface area is 157 Å². The first-order valence-electron chi connectivity index (χ1n) is 8.30. The fourth-order valence-corrected chi connectivity index (χ4v) is 3.37. The molecule has 0 aromatic heterocycles. The van der Waals surface area contributed by atoms with Crippen molar-refractivity contribution in [2.24, 2.45) is 0 Å². The third-order valence-electron chi connectivity index (χ3n) is 3.69. The molecule has 8 heteroatoms. The van der Waals surface area contributed by atoms with Crippen LogP contribution in [0.25, 0.3) is 0 Å². The van der Waals surface area contributed by atoms with E-state index < -0.39 is 39.0 Å². The van der Waals surface area contributed by atoms with E-state index in [0.29, 0.717) is 11.6 Å². The minimum atomic E-state index is -3.95. The lowest BCUT2D eigenvalue weighted by atomic mass is 10.0. The Kier molecular flexibility index (Phi) is 6.68. The molecule has 2 aromatic rings. The van der Waals surface area contributed by atoms with Crippen molar-refractivity contribution in [2.45, 2.75) is 19.8 Å². The first-order chi connectivity index (χ1) is 12.6. The summed E-state index contributed by atoms with van der Waals surface area (Å²) < 4.78 is 36.9. The molecule has 2 amide bonds. The molecule has 0 aliphatic carbocycles. The third-order valence-corrected chi connectivity index (χ3v) is 5.10. The lowest BCUT2D eigenvalue weighted by molar-refractivity contribution is -0.114. The maximum absolute atomic E-state index is 12.8. The molecule has 144 valence electrons. The third kappa shape index (κ3) is 6.82. The van der Waals surface area contributed by atoms with Crippen molar-refractivity contribution in [3.8, 4) is 0 Å². The predicted octanol–water partition coefficient (Wildman–Crippen LogP) is 2.94. The Hall–Kier alpha value is -2.74. The van der Waals surface area contributed by atoms with Gasteiger partial charge < -0.3 is 10.6 Å². The maximum atomic E-state index is 12.8. The highest BCUT2D eigenvalue weighted by molar-refractivity contribution is 7.92. The van der Waals surface area contributed by atoms with Crippen molar-refractivity contribution in [1.29, 1.82) is 0 Å². The summed E-state index contributed by atoms with van der Waals surface area (Å²) in [4.78, 5) is 23.8. The Morgan fingerprint density at radius 3 is 1.67 bits per heavy atom. The number of carbonyl (C=O) groups is 2. The minimum Gasteiger partial charge on any atom is -0.325 e. The topological polar surface area (TPSA) is 92.3 Å². The van der Waals surface area contributed by atoms with E-state index in [9.17, 15) is 22.4 Å². The zero-order chi connectivity index (χ0) is 20.0. The fraction of sp³-hybridized carbons (Fsp3) is 0.263. The molecule has 27 heavy (non-hydrogen) atoms. The van der Waals surface area contributed by atoms with Gasteiger partial charge in [0, 0.05) is 11.4 Å². The van der Waals surface area contributed by atoms with Gasteiger partial charge in [0.1, 0.15) is 17.3 Å². The molecule has 2 N–H and O–H groups in total. The first-order valence-corrected chi connectivity index (χ1v) is 10.1. The lowest BCUT2D eigenvalue weighted by Gasteiger charge is -2.09. The highest BCUT2D eigenvalue weighted by atomic mass is 32.2. The standard InChI is InChI=1S/C19H21FN2O4S/c1-13(2)14-3-7-16(8-4-14)21-18(23)11-27(25,26)12-19(24)22-17-9-5-15(20)6-10-17/h3-10,13H,11-12H2,1-2H3,(H,21,23)(H,22,24). The van der Waals surface area contributed by atoms with E-state index in [1.54, 1.807) is 12.1 Å². The number of hydrogen-bond donors (Lipinski definition) is 2. The molecular formula is C19H21FN2O4S. The number of carbonyl (C=O) groups excluding carboxylic acids is 2. The van der Waals surface area contributed by atoms with Crippen LogP contribution < -0.4 is 10.6 Å². The molecule has 0 saturated carbocycles. The van der Waals surface area contributed by atoms with Crippen LogP contribution in [0.15, 0.2) is 48.5 Å². The average Bonchev–Trinajstić information content (AvgIpc) is 2.56. The summed E-state index contributed by atoms with van der Waals surface area (Å²) >= 11 is 0. The van der Waals surface area contributed by atoms with Crippen molar-refractivity contribution >= 4 is 33.0 Å². The van der Waals surface area contributed by atoms with Gasteiger partial charge in [0.2, 0.25) is 11.8 Å². The summed E-state index contributed by atoms with van der Waals surface area (Å²) in [6.45, 7) is 4.08. The summed E-state index contributed by atoms with van der Waals surface area (Å²) in [6, 6.07) is 12.0. The van der Waals surface area contributed by atoms with E-state index in [2.05, 4.69) is 10.6 Å². The number of halogens is 1. The summed E-state index contributed by atoms with van der Waals surface area (Å²) in [6.07, 6.45) is 0. The normalized spacial score (nSPS) is 11.3. The Morgan fingerprint density at radius 2 is 1.26 bits per heavy atom. The van der Waals surface area contributed by atoms with Gasteiger partial charge in [-0.1, -0.05) is 26.0 Å². The van der Waals surface area contributed by atoms with Gasteiger partial charge in [-0.05, 0) is 47.9 Å². The molecule has 0 heterocycles. The molecule has 6 nitrogen and oxygen atoms in total. The van der Waals surface area contributed by atoms with Crippen LogP contribution in [-0.4, -0.2) is 31.7 Å². The van der Waals surface area contributed by atoms with Crippen molar-refractivity contribution in [1.82, 2.24) is 0 Å². The second-order valence-corrected chi connectivity index (χ2v) is 8.48. The van der Waals surface area contributed by atoms with Gasteiger partial charge in [0.15, 0.2) is 9.84 Å². The van der Waals surface area contributed by atoms with Crippen LogP contribution in [0.4, 0.5) is 15.8 Å². The van der Waals surface area contributed by atoms with Crippen LogP contribution in [0.2, 0.25) is 0 Å². The van der Waals surface area contributed by atoms with E-state index in [-0.39, 0.29) is 5.69 Å². The molecule has 2 rings (SSSR count). The molecule has 2 aromatic carbocycles. The molecule has 0 unspecified atom stereocenters. The average molecular weight is 392 g/mol. The molecule has 0 saturated heterocycles. The predicted molar refractivity (Wildman–Crippen MR) is 103 cm³/mol. The van der Waals surface area contributed by atoms with Crippen molar-refractivity contribution in [2.75, 3.05) is 22.1 Å². The van der Waals surface area contributed by atoms with Crippen LogP contribution in [0.1, 0.15) is 25.3 Å². The van der Waals surface area contributed by atoms with Gasteiger partial charge in [-0.2, -0.15) is 0 Å². The monoisotopic (exact) mass is 392 g/mol. The van der Waals surface area contributed by atoms with Gasteiger partial charge in [-0.25, -0.2) is 12.8 Å². The molecule has 0 radical (unpaired) electrons. The molecule has 0 bridgehead atoms. The van der Waals surface area contributed by atoms with Crippen molar-refractivity contribution in [3.05, 3.63) is 59.9 Å². The summed E-state index contributed by atoms with van der Waals surface area (Å²) in [5.41, 5.74) is 1.85. The Balaban J connectivity index is 1.89. The number of hydrogen-bond acceptors (Lipinski definition) is 4. The van der Waals surface area contributed by atoms with E-state index >= 15 is 0 Å². The quantitative estimate of drug-likeness (QED) is 0.758. The van der Waals surface area contributed by atoms with E-state index in [4.69, 9.17) is 0 Å². The Morgan fingerprint density at radius 1 is 0.852 bits per heavy atom. The largest absolute Gasteiger partial charge is 0.325 e. The zero-order valence-electron chi connectivity index (χ0n) is 15.0. The highest BCUT2D eigenvalue weighted by Gasteiger charge is 2.21. The van der Waals surface area contributed by atoms with Gasteiger partial charge in [0.05, 0.1) is 0 Å². The van der Waals surface area contributed by atoms with Crippen LogP contribution in [0.3, 0.4) is 0 Å². The van der Waals surface area contributed by atoms with Crippen LogP contribution in [-0.2, 0) is 19.4 Å². The molecule has 0 fully saturated rings. The molecule has 0 aliphatic heterocycles. The van der Waals surface area contributed by atoms with Crippen molar-refractivity contribution < 1.29 is 22.4 Å². The molecule has 0 atom stereocenters. The molecular weight excluding hydrogens is 371 g/mol. The van der Waals surface area contributed by atoms with Crippen LogP contribution >= 0.6 is 0 Å². The smallest absolute Gasteiger partial charge is 0.239 e. The Bertz CT molecular complexity index is 908. The van der Waals surface area contributed by atoms with E-state index in [0.717, 1.165) is 17.7 Å². The number of amides is 2. The maximum Gasteiger partial charge on any atom is 0.239 e. The van der Waals surface area contributed by atoms with Crippen molar-refractivity contribution in [3.63, 3.8) is 0 Å². The minimum absolute atomic E-state index is 0.270. The van der Waals surface area contributed by atoms with Crippen LogP contribution in [0.5, 0.6) is 0 Å². The summed E-state index contributed by atoms with van der Waals surface area (Å²) in [7, 11) is -3.95. The van der Waals surface area contributed by atoms with Gasteiger partial charge in [0.25, 0.3) is 0 Å². The lowest BCUT2D eigenvalue weighted by Crippen LogP contribution is -2.30. The zero-order valence-corrected chi connectivity index (χ0v) is 15.8. The SMILES string of the molecule is CC(C)c1ccc(NC(=O)CS(=O)(=O)CC(=O)Nc2ccc(F)cc2)cc1. The second kappa shape index (κ2) is 8.77. The molecule has 0 aliphatic rings. The highest BCUT2D eigenvalue weighted by Crippen LogP contribution is 2.17. The number of sulfone groups is 1. The summed E-state index contributed by atoms with van der Waals surface area (Å²) in [5, 5.41) is 4.85.